The van der Waals surface area contributed by atoms with Crippen molar-refractivity contribution in [3.05, 3.63) is 66.2 Å². The standard InChI is InChI=1S/C24H32N2O2.C2H2O4/c1-19-18-25(16-14-21-10-6-4-7-11-21)17-15-23(19)26(24(27)20(2)28-3)22-12-8-5-9-13-22;3-1(4)2(5)6/h4-13,19-20,23H,14-18H2,1-3H3;(H,3,4)(H,5,6). The van der Waals surface area contributed by atoms with Gasteiger partial charge in [0.15, 0.2) is 0 Å². The SMILES string of the molecule is COC(C)C(=O)N(c1ccccc1)C1CCN(CCc2ccccc2)CC1C.O=C(O)C(=O)O. The molecular formula is C26H34N2O6. The van der Waals surface area contributed by atoms with Gasteiger partial charge in [-0.1, -0.05) is 55.5 Å². The number of nitrogens with zero attached hydrogens (tertiary/aromatic N) is 2. The van der Waals surface area contributed by atoms with Crippen molar-refractivity contribution < 1.29 is 29.3 Å². The van der Waals surface area contributed by atoms with E-state index in [2.05, 4.69) is 42.2 Å². The van der Waals surface area contributed by atoms with Crippen molar-refractivity contribution in [2.75, 3.05) is 31.6 Å². The maximum absolute atomic E-state index is 13.1. The van der Waals surface area contributed by atoms with Crippen LogP contribution >= 0.6 is 0 Å². The summed E-state index contributed by atoms with van der Waals surface area (Å²) in [5.41, 5.74) is 2.35. The van der Waals surface area contributed by atoms with Crippen molar-refractivity contribution in [3.63, 3.8) is 0 Å². The fourth-order valence-corrected chi connectivity index (χ4v) is 4.11. The predicted molar refractivity (Wildman–Crippen MR) is 130 cm³/mol. The number of carbonyl (C=O) groups excluding carboxylic acids is 1. The molecule has 1 fully saturated rings. The maximum Gasteiger partial charge on any atom is 0.414 e. The number of carboxylic acids is 2. The summed E-state index contributed by atoms with van der Waals surface area (Å²) in [6, 6.07) is 20.9. The lowest BCUT2D eigenvalue weighted by Crippen LogP contribution is -2.54. The molecule has 8 nitrogen and oxygen atoms in total. The molecule has 0 bridgehead atoms. The summed E-state index contributed by atoms with van der Waals surface area (Å²) in [6.07, 6.45) is 1.61. The summed E-state index contributed by atoms with van der Waals surface area (Å²) in [4.78, 5) is 35.8. The number of ether oxygens (including phenoxy) is 1. The van der Waals surface area contributed by atoms with E-state index in [-0.39, 0.29) is 11.9 Å². The first kappa shape index (κ1) is 27.0. The van der Waals surface area contributed by atoms with E-state index in [1.807, 2.05) is 42.2 Å². The van der Waals surface area contributed by atoms with Crippen molar-refractivity contribution in [3.8, 4) is 0 Å². The first-order valence-corrected chi connectivity index (χ1v) is 11.4. The smallest absolute Gasteiger partial charge is 0.414 e. The Morgan fingerprint density at radius 1 is 1.03 bits per heavy atom. The number of carbonyl (C=O) groups is 3. The zero-order valence-electron chi connectivity index (χ0n) is 20.0. The Kier molecular flexibility index (Phi) is 10.7. The summed E-state index contributed by atoms with van der Waals surface area (Å²) in [5.74, 6) is -3.20. The van der Waals surface area contributed by atoms with Crippen LogP contribution < -0.4 is 4.90 Å². The Morgan fingerprint density at radius 2 is 1.59 bits per heavy atom. The molecule has 0 spiro atoms. The highest BCUT2D eigenvalue weighted by Crippen LogP contribution is 2.28. The maximum atomic E-state index is 13.1. The number of benzene rings is 2. The van der Waals surface area contributed by atoms with Crippen molar-refractivity contribution in [2.45, 2.75) is 38.8 Å². The molecule has 3 unspecified atom stereocenters. The van der Waals surface area contributed by atoms with E-state index < -0.39 is 18.0 Å². The highest BCUT2D eigenvalue weighted by atomic mass is 16.5. The number of likely N-dealkylation sites (tertiary alicyclic amines) is 1. The number of amides is 1. The number of anilines is 1. The number of carboxylic acid groups (broad SMARTS) is 2. The van der Waals surface area contributed by atoms with Gasteiger partial charge in [-0.15, -0.1) is 0 Å². The van der Waals surface area contributed by atoms with E-state index in [1.165, 1.54) is 5.56 Å². The fourth-order valence-electron chi connectivity index (χ4n) is 4.11. The third-order valence-electron chi connectivity index (χ3n) is 5.99. The molecule has 1 saturated heterocycles. The molecule has 0 aliphatic carbocycles. The van der Waals surface area contributed by atoms with Crippen LogP contribution in [0.4, 0.5) is 5.69 Å². The van der Waals surface area contributed by atoms with Crippen LogP contribution in [0.3, 0.4) is 0 Å². The van der Waals surface area contributed by atoms with Crippen LogP contribution in [0.5, 0.6) is 0 Å². The molecule has 8 heteroatoms. The highest BCUT2D eigenvalue weighted by Gasteiger charge is 2.35. The van der Waals surface area contributed by atoms with Gasteiger partial charge in [0.05, 0.1) is 0 Å². The average Bonchev–Trinajstić information content (AvgIpc) is 2.85. The monoisotopic (exact) mass is 470 g/mol. The minimum absolute atomic E-state index is 0.0447. The molecule has 3 atom stereocenters. The van der Waals surface area contributed by atoms with Crippen LogP contribution in [0.2, 0.25) is 0 Å². The third-order valence-corrected chi connectivity index (χ3v) is 5.99. The molecule has 0 radical (unpaired) electrons. The van der Waals surface area contributed by atoms with Crippen LogP contribution in [-0.4, -0.2) is 71.8 Å². The minimum atomic E-state index is -1.82. The molecule has 0 aromatic heterocycles. The molecule has 0 saturated carbocycles. The summed E-state index contributed by atoms with van der Waals surface area (Å²) in [5, 5.41) is 14.8. The van der Waals surface area contributed by atoms with Crippen molar-refractivity contribution in [2.24, 2.45) is 5.92 Å². The number of hydrogen-bond acceptors (Lipinski definition) is 5. The van der Waals surface area contributed by atoms with Gasteiger partial charge < -0.3 is 24.7 Å². The molecule has 1 amide bonds. The Bertz CT molecular complexity index is 909. The van der Waals surface area contributed by atoms with Gasteiger partial charge >= 0.3 is 11.9 Å². The van der Waals surface area contributed by atoms with Crippen LogP contribution in [0, 0.1) is 5.92 Å². The van der Waals surface area contributed by atoms with Crippen LogP contribution in [0.15, 0.2) is 60.7 Å². The van der Waals surface area contributed by atoms with Gasteiger partial charge in [-0.3, -0.25) is 4.79 Å². The number of hydrogen-bond donors (Lipinski definition) is 2. The molecule has 3 rings (SSSR count). The van der Waals surface area contributed by atoms with E-state index in [0.29, 0.717) is 5.92 Å². The number of methoxy groups -OCH3 is 1. The van der Waals surface area contributed by atoms with Gasteiger partial charge in [0, 0.05) is 38.5 Å². The van der Waals surface area contributed by atoms with E-state index in [0.717, 1.165) is 38.2 Å². The highest BCUT2D eigenvalue weighted by molar-refractivity contribution is 6.27. The first-order valence-electron chi connectivity index (χ1n) is 11.4. The van der Waals surface area contributed by atoms with Gasteiger partial charge in [-0.2, -0.15) is 0 Å². The summed E-state index contributed by atoms with van der Waals surface area (Å²) >= 11 is 0. The zero-order chi connectivity index (χ0) is 25.1. The molecule has 1 heterocycles. The van der Waals surface area contributed by atoms with Gasteiger partial charge in [-0.05, 0) is 43.4 Å². The van der Waals surface area contributed by atoms with Crippen LogP contribution in [0.25, 0.3) is 0 Å². The lowest BCUT2D eigenvalue weighted by Gasteiger charge is -2.43. The normalized spacial score (nSPS) is 18.8. The van der Waals surface area contributed by atoms with E-state index in [9.17, 15) is 4.79 Å². The second-order valence-electron chi connectivity index (χ2n) is 8.40. The quantitative estimate of drug-likeness (QED) is 0.599. The Balaban J connectivity index is 0.000000604. The Morgan fingerprint density at radius 3 is 2.09 bits per heavy atom. The molecule has 1 aliphatic heterocycles. The Hall–Kier alpha value is -3.23. The van der Waals surface area contributed by atoms with Gasteiger partial charge in [0.1, 0.15) is 6.10 Å². The number of piperidine rings is 1. The lowest BCUT2D eigenvalue weighted by atomic mass is 9.91. The average molecular weight is 471 g/mol. The second-order valence-corrected chi connectivity index (χ2v) is 8.40. The molecule has 34 heavy (non-hydrogen) atoms. The van der Waals surface area contributed by atoms with Crippen molar-refractivity contribution in [1.82, 2.24) is 4.90 Å². The number of para-hydroxylation sites is 1. The topological polar surface area (TPSA) is 107 Å². The predicted octanol–water partition coefficient (Wildman–Crippen LogP) is 3.16. The summed E-state index contributed by atoms with van der Waals surface area (Å²) in [7, 11) is 1.60. The van der Waals surface area contributed by atoms with Crippen LogP contribution in [-0.2, 0) is 25.5 Å². The van der Waals surface area contributed by atoms with E-state index in [1.54, 1.807) is 7.11 Å². The third kappa shape index (κ3) is 7.97. The molecule has 2 N–H and O–H groups in total. The summed E-state index contributed by atoms with van der Waals surface area (Å²) < 4.78 is 5.35. The minimum Gasteiger partial charge on any atom is -0.473 e. The van der Waals surface area contributed by atoms with Crippen molar-refractivity contribution >= 4 is 23.5 Å². The van der Waals surface area contributed by atoms with Gasteiger partial charge in [0.25, 0.3) is 5.91 Å². The molecule has 1 aliphatic rings. The van der Waals surface area contributed by atoms with E-state index in [4.69, 9.17) is 24.5 Å². The molecule has 184 valence electrons. The fraction of sp³-hybridized carbons (Fsp3) is 0.423. The lowest BCUT2D eigenvalue weighted by molar-refractivity contribution is -0.159. The largest absolute Gasteiger partial charge is 0.473 e. The van der Waals surface area contributed by atoms with E-state index >= 15 is 0 Å². The molecule has 2 aromatic rings. The Labute approximate surface area is 200 Å². The van der Waals surface area contributed by atoms with Crippen molar-refractivity contribution in [1.29, 1.82) is 0 Å². The van der Waals surface area contributed by atoms with Gasteiger partial charge in [0.2, 0.25) is 0 Å². The number of aliphatic carboxylic acids is 2. The summed E-state index contributed by atoms with van der Waals surface area (Å²) in [6.45, 7) is 7.18. The molecular weight excluding hydrogens is 436 g/mol. The molecule has 2 aromatic carbocycles. The van der Waals surface area contributed by atoms with Gasteiger partial charge in [-0.25, -0.2) is 9.59 Å². The van der Waals surface area contributed by atoms with Crippen LogP contribution in [0.1, 0.15) is 25.8 Å². The first-order chi connectivity index (χ1) is 16.2. The second kappa shape index (κ2) is 13.5. The zero-order valence-corrected chi connectivity index (χ0v) is 20.0. The number of rotatable bonds is 7.